The Morgan fingerprint density at radius 3 is 2.61 bits per heavy atom. The summed E-state index contributed by atoms with van der Waals surface area (Å²) >= 11 is 8.03. The molecule has 0 spiro atoms. The fraction of sp³-hybridized carbons (Fsp3) is 0.370. The molecule has 9 heteroatoms. The summed E-state index contributed by atoms with van der Waals surface area (Å²) in [5, 5.41) is 8.09. The number of carbonyl (C=O) groups is 2. The van der Waals surface area contributed by atoms with Crippen molar-refractivity contribution >= 4 is 41.0 Å². The maximum atomic E-state index is 14.3. The molecule has 5 rings (SSSR count). The number of nitrogens with zero attached hydrogens (tertiary/aromatic N) is 3. The van der Waals surface area contributed by atoms with Crippen LogP contribution < -0.4 is 10.2 Å². The van der Waals surface area contributed by atoms with E-state index in [1.165, 1.54) is 28.8 Å². The topological polar surface area (TPSA) is 67.2 Å². The average Bonchev–Trinajstić information content (AvgIpc) is 3.56. The van der Waals surface area contributed by atoms with Crippen LogP contribution in [0, 0.1) is 5.82 Å². The number of rotatable bonds is 5. The van der Waals surface area contributed by atoms with Crippen LogP contribution in [0.2, 0.25) is 5.02 Å². The molecule has 2 heterocycles. The molecule has 3 aromatic rings. The maximum absolute atomic E-state index is 14.3. The highest BCUT2D eigenvalue weighted by Gasteiger charge is 2.40. The molecule has 2 aromatic carbocycles. The van der Waals surface area contributed by atoms with Gasteiger partial charge in [0.15, 0.2) is 0 Å². The summed E-state index contributed by atoms with van der Waals surface area (Å²) in [5.41, 5.74) is 2.50. The van der Waals surface area contributed by atoms with Crippen LogP contribution in [0.3, 0.4) is 0 Å². The van der Waals surface area contributed by atoms with Crippen LogP contribution in [0.1, 0.15) is 55.7 Å². The largest absolute Gasteiger partial charge is 0.352 e. The Balaban J connectivity index is 1.76. The zero-order chi connectivity index (χ0) is 25.6. The Morgan fingerprint density at radius 1 is 1.19 bits per heavy atom. The Bertz CT molecular complexity index is 1330. The van der Waals surface area contributed by atoms with Crippen molar-refractivity contribution in [3.05, 3.63) is 76.2 Å². The number of hydrogen-bond acceptors (Lipinski definition) is 4. The minimum Gasteiger partial charge on any atom is -0.352 e. The fourth-order valence-corrected chi connectivity index (χ4v) is 5.85. The molecule has 2 amide bonds. The van der Waals surface area contributed by atoms with E-state index < -0.39 is 5.41 Å². The van der Waals surface area contributed by atoms with Gasteiger partial charge >= 0.3 is 0 Å². The SMILES string of the molecule is CC(C)(C)c1nn(-c2ccccc2Cl)c2c1[C@H](c1cccc(F)c1)SCC(=O)N2CC(=O)NC1CC1. The van der Waals surface area contributed by atoms with Crippen LogP contribution in [0.15, 0.2) is 48.5 Å². The number of amides is 2. The van der Waals surface area contributed by atoms with Gasteiger partial charge in [-0.1, -0.05) is 56.6 Å². The van der Waals surface area contributed by atoms with Crippen LogP contribution >= 0.6 is 23.4 Å². The number of halogens is 2. The highest BCUT2D eigenvalue weighted by Crippen LogP contribution is 2.48. The lowest BCUT2D eigenvalue weighted by Gasteiger charge is -2.24. The third kappa shape index (κ3) is 4.89. The summed E-state index contributed by atoms with van der Waals surface area (Å²) in [7, 11) is 0. The monoisotopic (exact) mass is 526 g/mol. The number of nitrogens with one attached hydrogen (secondary N) is 1. The summed E-state index contributed by atoms with van der Waals surface area (Å²) < 4.78 is 16.0. The van der Waals surface area contributed by atoms with Crippen molar-refractivity contribution in [1.82, 2.24) is 15.1 Å². The molecule has 1 aliphatic carbocycles. The molecular weight excluding hydrogens is 499 g/mol. The fourth-order valence-electron chi connectivity index (χ4n) is 4.44. The minimum atomic E-state index is -0.405. The lowest BCUT2D eigenvalue weighted by atomic mass is 9.87. The van der Waals surface area contributed by atoms with E-state index in [0.717, 1.165) is 29.7 Å². The third-order valence-electron chi connectivity index (χ3n) is 6.28. The summed E-state index contributed by atoms with van der Waals surface area (Å²) in [5.74, 6) is -0.126. The molecule has 36 heavy (non-hydrogen) atoms. The van der Waals surface area contributed by atoms with Crippen molar-refractivity contribution in [2.24, 2.45) is 0 Å². The van der Waals surface area contributed by atoms with Gasteiger partial charge in [0.2, 0.25) is 11.8 Å². The normalized spacial score (nSPS) is 18.1. The molecule has 2 aliphatic rings. The standard InChI is InChI=1S/C27H28ClFN4O2S/c1-27(2,3)25-23-24(16-7-6-8-17(29)13-16)36-15-22(35)32(14-21(34)30-18-11-12-18)26(23)33(31-25)20-10-5-4-9-19(20)28/h4-10,13,18,24H,11-12,14-15H2,1-3H3,(H,30,34)/t24-/m0/s1. The molecule has 1 aliphatic heterocycles. The number of anilines is 1. The van der Waals surface area contributed by atoms with E-state index in [0.29, 0.717) is 16.5 Å². The number of hydrogen-bond donors (Lipinski definition) is 1. The first-order chi connectivity index (χ1) is 17.1. The highest BCUT2D eigenvalue weighted by molar-refractivity contribution is 8.00. The molecule has 1 atom stereocenters. The van der Waals surface area contributed by atoms with Gasteiger partial charge in [-0.15, -0.1) is 11.8 Å². The van der Waals surface area contributed by atoms with E-state index in [9.17, 15) is 14.0 Å². The lowest BCUT2D eigenvalue weighted by Crippen LogP contribution is -2.43. The van der Waals surface area contributed by atoms with E-state index in [4.69, 9.17) is 16.7 Å². The van der Waals surface area contributed by atoms with Gasteiger partial charge in [-0.05, 0) is 42.7 Å². The number of fused-ring (bicyclic) bond motifs is 1. The second-order valence-corrected chi connectivity index (χ2v) is 11.8. The summed E-state index contributed by atoms with van der Waals surface area (Å²) in [6, 6.07) is 13.9. The van der Waals surface area contributed by atoms with Crippen molar-refractivity contribution < 1.29 is 14.0 Å². The second kappa shape index (κ2) is 9.56. The molecule has 1 fully saturated rings. The Morgan fingerprint density at radius 2 is 1.94 bits per heavy atom. The summed E-state index contributed by atoms with van der Waals surface area (Å²) in [6.07, 6.45) is 1.91. The number of carbonyl (C=O) groups excluding carboxylic acids is 2. The van der Waals surface area contributed by atoms with Gasteiger partial charge in [0, 0.05) is 17.0 Å². The van der Waals surface area contributed by atoms with Gasteiger partial charge < -0.3 is 5.32 Å². The lowest BCUT2D eigenvalue weighted by molar-refractivity contribution is -0.123. The van der Waals surface area contributed by atoms with E-state index >= 15 is 0 Å². The minimum absolute atomic E-state index is 0.126. The quantitative estimate of drug-likeness (QED) is 0.482. The van der Waals surface area contributed by atoms with Gasteiger partial charge in [-0.25, -0.2) is 9.07 Å². The Hall–Kier alpha value is -2.84. The van der Waals surface area contributed by atoms with Gasteiger partial charge in [-0.2, -0.15) is 5.10 Å². The van der Waals surface area contributed by atoms with Crippen LogP contribution in [0.5, 0.6) is 0 Å². The molecule has 0 radical (unpaired) electrons. The molecule has 188 valence electrons. The highest BCUT2D eigenvalue weighted by atomic mass is 35.5. The van der Waals surface area contributed by atoms with Gasteiger partial charge in [0.1, 0.15) is 18.2 Å². The summed E-state index contributed by atoms with van der Waals surface area (Å²) in [4.78, 5) is 28.0. The predicted octanol–water partition coefficient (Wildman–Crippen LogP) is 5.41. The molecule has 1 aromatic heterocycles. The number of thioether (sulfide) groups is 1. The average molecular weight is 527 g/mol. The Kier molecular flexibility index (Phi) is 6.59. The smallest absolute Gasteiger partial charge is 0.240 e. The van der Waals surface area contributed by atoms with Crippen LogP contribution in [0.4, 0.5) is 10.2 Å². The molecule has 0 bridgehead atoms. The predicted molar refractivity (Wildman–Crippen MR) is 141 cm³/mol. The molecule has 1 N–H and O–H groups in total. The van der Waals surface area contributed by atoms with Crippen LogP contribution in [-0.2, 0) is 15.0 Å². The molecule has 1 saturated carbocycles. The van der Waals surface area contributed by atoms with Crippen LogP contribution in [0.25, 0.3) is 5.69 Å². The van der Waals surface area contributed by atoms with Crippen molar-refractivity contribution in [2.75, 3.05) is 17.2 Å². The number of para-hydroxylation sites is 1. The molecule has 0 unspecified atom stereocenters. The van der Waals surface area contributed by atoms with Crippen LogP contribution in [-0.4, -0.2) is 39.9 Å². The maximum Gasteiger partial charge on any atom is 0.240 e. The number of benzene rings is 2. The number of aromatic nitrogens is 2. The van der Waals surface area contributed by atoms with E-state index in [1.54, 1.807) is 16.8 Å². The third-order valence-corrected chi connectivity index (χ3v) is 7.85. The van der Waals surface area contributed by atoms with Crippen molar-refractivity contribution in [3.63, 3.8) is 0 Å². The summed E-state index contributed by atoms with van der Waals surface area (Å²) in [6.45, 7) is 6.03. The first kappa shape index (κ1) is 24.8. The molecular formula is C27H28ClFN4O2S. The first-order valence-electron chi connectivity index (χ1n) is 12.0. The zero-order valence-corrected chi connectivity index (χ0v) is 22.0. The first-order valence-corrected chi connectivity index (χ1v) is 13.4. The second-order valence-electron chi connectivity index (χ2n) is 10.3. The Labute approximate surface area is 219 Å². The van der Waals surface area contributed by atoms with Gasteiger partial charge in [-0.3, -0.25) is 14.5 Å². The molecule has 0 saturated heterocycles. The zero-order valence-electron chi connectivity index (χ0n) is 20.4. The van der Waals surface area contributed by atoms with Gasteiger partial charge in [0.05, 0.1) is 27.4 Å². The van der Waals surface area contributed by atoms with E-state index in [-0.39, 0.29) is 41.2 Å². The molecule has 6 nitrogen and oxygen atoms in total. The van der Waals surface area contributed by atoms with Crippen molar-refractivity contribution in [3.8, 4) is 5.69 Å². The van der Waals surface area contributed by atoms with E-state index in [1.807, 2.05) is 24.3 Å². The van der Waals surface area contributed by atoms with E-state index in [2.05, 4.69) is 26.1 Å². The van der Waals surface area contributed by atoms with Crippen molar-refractivity contribution in [2.45, 2.75) is 50.3 Å². The van der Waals surface area contributed by atoms with Crippen molar-refractivity contribution in [1.29, 1.82) is 0 Å². The van der Waals surface area contributed by atoms with Gasteiger partial charge in [0.25, 0.3) is 0 Å².